The number of phenolic OH excluding ortho intramolecular Hbond substituents is 1. The number of carbonyl (C=O) groups is 1. The molecule has 1 amide bonds. The van der Waals surface area contributed by atoms with Gasteiger partial charge in [0.2, 0.25) is 5.91 Å². The van der Waals surface area contributed by atoms with Crippen molar-refractivity contribution in [2.75, 3.05) is 26.4 Å². The van der Waals surface area contributed by atoms with Gasteiger partial charge in [-0.1, -0.05) is 37.6 Å². The van der Waals surface area contributed by atoms with Crippen LogP contribution in [0, 0.1) is 5.92 Å². The van der Waals surface area contributed by atoms with Gasteiger partial charge < -0.3 is 24.2 Å². The molecule has 3 heterocycles. The van der Waals surface area contributed by atoms with E-state index < -0.39 is 6.04 Å². The molecule has 0 radical (unpaired) electrons. The van der Waals surface area contributed by atoms with Gasteiger partial charge in [0.1, 0.15) is 11.8 Å². The highest BCUT2D eigenvalue weighted by molar-refractivity contribution is 5.86. The number of nitrogens with one attached hydrogen (secondary N) is 2. The van der Waals surface area contributed by atoms with Crippen LogP contribution in [-0.2, 0) is 9.53 Å². The summed E-state index contributed by atoms with van der Waals surface area (Å²) in [4.78, 5) is 15.7. The number of fused-ring (bicyclic) bond motifs is 1. The van der Waals surface area contributed by atoms with E-state index in [1.807, 2.05) is 48.2 Å². The van der Waals surface area contributed by atoms with E-state index >= 15 is 0 Å². The number of hydrazine groups is 1. The Morgan fingerprint density at radius 2 is 1.92 bits per heavy atom. The summed E-state index contributed by atoms with van der Waals surface area (Å²) in [5.74, 6) is 1.55. The number of nitrogens with zero attached hydrogens (tertiary/aromatic N) is 1. The van der Waals surface area contributed by atoms with Gasteiger partial charge in [-0.2, -0.15) is 0 Å². The van der Waals surface area contributed by atoms with Crippen molar-refractivity contribution in [3.8, 4) is 17.2 Å². The number of rotatable bonds is 10. The van der Waals surface area contributed by atoms with Crippen LogP contribution in [0.2, 0.25) is 0 Å². The molecule has 3 aliphatic heterocycles. The number of likely N-dealkylation sites (tertiary alicyclic amines) is 1. The number of hydrogen-bond acceptors (Lipinski definition) is 7. The first-order chi connectivity index (χ1) is 17.6. The Morgan fingerprint density at radius 3 is 2.67 bits per heavy atom. The van der Waals surface area contributed by atoms with E-state index in [1.165, 1.54) is 0 Å². The van der Waals surface area contributed by atoms with Crippen LogP contribution in [0.1, 0.15) is 62.7 Å². The number of amides is 1. The number of ether oxygens (including phenoxy) is 3. The molecule has 0 bridgehead atoms. The maximum absolute atomic E-state index is 13.7. The van der Waals surface area contributed by atoms with Gasteiger partial charge in [0, 0.05) is 24.6 Å². The van der Waals surface area contributed by atoms with Crippen LogP contribution in [0.5, 0.6) is 17.2 Å². The van der Waals surface area contributed by atoms with E-state index in [-0.39, 0.29) is 35.8 Å². The van der Waals surface area contributed by atoms with Crippen molar-refractivity contribution in [3.05, 3.63) is 53.6 Å². The second-order valence-corrected chi connectivity index (χ2v) is 9.79. The van der Waals surface area contributed by atoms with E-state index in [0.29, 0.717) is 25.5 Å². The summed E-state index contributed by atoms with van der Waals surface area (Å²) in [6.45, 7) is 6.54. The second kappa shape index (κ2) is 11.1. The largest absolute Gasteiger partial charge is 0.508 e. The van der Waals surface area contributed by atoms with E-state index in [2.05, 4.69) is 17.8 Å². The van der Waals surface area contributed by atoms with E-state index in [1.54, 1.807) is 6.07 Å². The zero-order valence-electron chi connectivity index (χ0n) is 21.1. The van der Waals surface area contributed by atoms with Crippen LogP contribution in [-0.4, -0.2) is 54.4 Å². The number of hydrogen-bond donors (Lipinski definition) is 3. The maximum Gasteiger partial charge on any atom is 0.242 e. The third-order valence-corrected chi connectivity index (χ3v) is 7.47. The van der Waals surface area contributed by atoms with Crippen molar-refractivity contribution >= 4 is 5.91 Å². The molecule has 0 saturated carbocycles. The quantitative estimate of drug-likeness (QED) is 0.431. The van der Waals surface area contributed by atoms with Crippen LogP contribution >= 0.6 is 0 Å². The number of carbonyl (C=O) groups excluding carboxylic acids is 1. The summed E-state index contributed by atoms with van der Waals surface area (Å²) < 4.78 is 17.9. The Labute approximate surface area is 212 Å². The molecular formula is C28H37N3O5. The highest BCUT2D eigenvalue weighted by Crippen LogP contribution is 2.49. The van der Waals surface area contributed by atoms with Crippen LogP contribution in [0.25, 0.3) is 0 Å². The monoisotopic (exact) mass is 495 g/mol. The standard InChI is InChI=1S/C28H37N3O5/c1-3-5-14-36-22-13-12-18(16-23(22)34-4-2)27-24-25(20-10-6-7-11-21(20)32)29-30-26(24)28(33)31(27)17-19-9-8-15-35-19/h6-7,10-13,16,19,24-27,29-30,32H,3-5,8-9,14-15,17H2,1-2H3. The molecule has 0 aliphatic carbocycles. The van der Waals surface area contributed by atoms with Gasteiger partial charge in [-0.15, -0.1) is 0 Å². The van der Waals surface area contributed by atoms with Gasteiger partial charge >= 0.3 is 0 Å². The van der Waals surface area contributed by atoms with Crippen LogP contribution in [0.15, 0.2) is 42.5 Å². The van der Waals surface area contributed by atoms with Crippen molar-refractivity contribution in [3.63, 3.8) is 0 Å². The van der Waals surface area contributed by atoms with Crippen molar-refractivity contribution in [1.29, 1.82) is 0 Å². The van der Waals surface area contributed by atoms with Crippen LogP contribution in [0.4, 0.5) is 0 Å². The minimum absolute atomic E-state index is 0.0369. The Morgan fingerprint density at radius 1 is 1.08 bits per heavy atom. The molecule has 2 aromatic rings. The van der Waals surface area contributed by atoms with Gasteiger partial charge in [0.15, 0.2) is 11.5 Å². The lowest BCUT2D eigenvalue weighted by Crippen LogP contribution is -2.43. The molecular weight excluding hydrogens is 458 g/mol. The summed E-state index contributed by atoms with van der Waals surface area (Å²) >= 11 is 0. The summed E-state index contributed by atoms with van der Waals surface area (Å²) in [7, 11) is 0. The summed E-state index contributed by atoms with van der Waals surface area (Å²) in [6.07, 6.45) is 4.04. The molecule has 0 aromatic heterocycles. The third-order valence-electron chi connectivity index (χ3n) is 7.47. The molecule has 3 saturated heterocycles. The Bertz CT molecular complexity index is 1060. The lowest BCUT2D eigenvalue weighted by atomic mass is 9.83. The topological polar surface area (TPSA) is 92.3 Å². The SMILES string of the molecule is CCCCOc1ccc(C2C3C(NNC3c3ccccc3O)C(=O)N2CC2CCCO2)cc1OCC. The van der Waals surface area contributed by atoms with E-state index in [0.717, 1.165) is 49.2 Å². The molecule has 3 N–H and O–H groups in total. The fraction of sp³-hybridized carbons (Fsp3) is 0.536. The van der Waals surface area contributed by atoms with Gasteiger partial charge in [0.05, 0.1) is 31.4 Å². The van der Waals surface area contributed by atoms with Gasteiger partial charge in [-0.3, -0.25) is 4.79 Å². The number of aromatic hydroxyl groups is 1. The fourth-order valence-electron chi connectivity index (χ4n) is 5.75. The molecule has 5 rings (SSSR count). The zero-order chi connectivity index (χ0) is 25.1. The zero-order valence-corrected chi connectivity index (χ0v) is 21.1. The maximum atomic E-state index is 13.7. The molecule has 3 aliphatic rings. The highest BCUT2D eigenvalue weighted by atomic mass is 16.5. The average molecular weight is 496 g/mol. The first kappa shape index (κ1) is 24.9. The predicted octanol–water partition coefficient (Wildman–Crippen LogP) is 3.87. The van der Waals surface area contributed by atoms with Gasteiger partial charge in [-0.05, 0) is 49.9 Å². The Hall–Kier alpha value is -2.81. The van der Waals surface area contributed by atoms with E-state index in [4.69, 9.17) is 14.2 Å². The normalized spacial score (nSPS) is 27.4. The average Bonchev–Trinajstić information content (AvgIpc) is 3.60. The smallest absolute Gasteiger partial charge is 0.242 e. The van der Waals surface area contributed by atoms with Crippen molar-refractivity contribution < 1.29 is 24.1 Å². The van der Waals surface area contributed by atoms with Gasteiger partial charge in [-0.25, -0.2) is 10.9 Å². The molecule has 8 heteroatoms. The molecule has 5 unspecified atom stereocenters. The van der Waals surface area contributed by atoms with Gasteiger partial charge in [0.25, 0.3) is 0 Å². The lowest BCUT2D eigenvalue weighted by molar-refractivity contribution is -0.132. The highest BCUT2D eigenvalue weighted by Gasteiger charge is 2.56. The first-order valence-corrected chi connectivity index (χ1v) is 13.2. The number of unbranched alkanes of at least 4 members (excludes halogenated alkanes) is 1. The predicted molar refractivity (Wildman–Crippen MR) is 136 cm³/mol. The van der Waals surface area contributed by atoms with Crippen molar-refractivity contribution in [2.24, 2.45) is 5.92 Å². The minimum Gasteiger partial charge on any atom is -0.508 e. The Kier molecular flexibility index (Phi) is 7.65. The van der Waals surface area contributed by atoms with E-state index in [9.17, 15) is 9.90 Å². The first-order valence-electron chi connectivity index (χ1n) is 13.2. The molecule has 36 heavy (non-hydrogen) atoms. The minimum atomic E-state index is -0.406. The summed E-state index contributed by atoms with van der Waals surface area (Å²) in [6, 6.07) is 12.5. The molecule has 3 fully saturated rings. The van der Waals surface area contributed by atoms with Crippen LogP contribution in [0.3, 0.4) is 0 Å². The van der Waals surface area contributed by atoms with Crippen molar-refractivity contribution in [1.82, 2.24) is 15.8 Å². The number of phenols is 1. The fourth-order valence-corrected chi connectivity index (χ4v) is 5.75. The summed E-state index contributed by atoms with van der Waals surface area (Å²) in [5, 5.41) is 10.6. The molecule has 2 aromatic carbocycles. The third kappa shape index (κ3) is 4.77. The summed E-state index contributed by atoms with van der Waals surface area (Å²) in [5.41, 5.74) is 8.30. The van der Waals surface area contributed by atoms with Crippen molar-refractivity contribution in [2.45, 2.75) is 63.8 Å². The lowest BCUT2D eigenvalue weighted by Gasteiger charge is -2.33. The molecule has 8 nitrogen and oxygen atoms in total. The van der Waals surface area contributed by atoms with Crippen LogP contribution < -0.4 is 20.3 Å². The number of para-hydroxylation sites is 1. The Balaban J connectivity index is 1.53. The number of benzene rings is 2. The molecule has 5 atom stereocenters. The second-order valence-electron chi connectivity index (χ2n) is 9.79. The molecule has 194 valence electrons. The molecule has 0 spiro atoms.